The fourth-order valence-electron chi connectivity index (χ4n) is 1.17. The molecule has 0 saturated heterocycles. The minimum absolute atomic E-state index is 0.0430. The Balaban J connectivity index is 2.42. The van der Waals surface area contributed by atoms with Crippen LogP contribution in [0.2, 0.25) is 0 Å². The molecule has 13 heavy (non-hydrogen) atoms. The Kier molecular flexibility index (Phi) is 3.34. The Morgan fingerprint density at radius 1 is 1.69 bits per heavy atom. The summed E-state index contributed by atoms with van der Waals surface area (Å²) in [4.78, 5) is 13.2. The van der Waals surface area contributed by atoms with Gasteiger partial charge in [-0.25, -0.2) is 4.79 Å². The fraction of sp³-hybridized carbons (Fsp3) is 0.700. The summed E-state index contributed by atoms with van der Waals surface area (Å²) in [5.74, 6) is 0. The molecule has 0 spiro atoms. The molecule has 3 nitrogen and oxygen atoms in total. The van der Waals surface area contributed by atoms with E-state index in [4.69, 9.17) is 4.74 Å². The maximum Gasteiger partial charge on any atom is 0.410 e. The lowest BCUT2D eigenvalue weighted by atomic mass is 10.4. The van der Waals surface area contributed by atoms with E-state index in [9.17, 15) is 4.79 Å². The molecule has 0 heterocycles. The SMILES string of the molecule is C=CCN(C(=O)OC(C)C)C1CC1. The van der Waals surface area contributed by atoms with Crippen molar-refractivity contribution in [3.63, 3.8) is 0 Å². The monoisotopic (exact) mass is 183 g/mol. The van der Waals surface area contributed by atoms with Gasteiger partial charge in [-0.1, -0.05) is 6.08 Å². The third-order valence-corrected chi connectivity index (χ3v) is 1.88. The Hall–Kier alpha value is -0.990. The van der Waals surface area contributed by atoms with Crippen molar-refractivity contribution in [2.75, 3.05) is 6.54 Å². The summed E-state index contributed by atoms with van der Waals surface area (Å²) < 4.78 is 5.11. The zero-order valence-corrected chi connectivity index (χ0v) is 8.32. The zero-order chi connectivity index (χ0) is 9.84. The van der Waals surface area contributed by atoms with Crippen LogP contribution in [0.25, 0.3) is 0 Å². The van der Waals surface area contributed by atoms with E-state index in [2.05, 4.69) is 6.58 Å². The van der Waals surface area contributed by atoms with Gasteiger partial charge in [0.2, 0.25) is 0 Å². The number of nitrogens with zero attached hydrogens (tertiary/aromatic N) is 1. The molecule has 0 aromatic carbocycles. The lowest BCUT2D eigenvalue weighted by Gasteiger charge is -2.21. The Morgan fingerprint density at radius 3 is 2.69 bits per heavy atom. The van der Waals surface area contributed by atoms with Crippen molar-refractivity contribution in [2.24, 2.45) is 0 Å². The van der Waals surface area contributed by atoms with Crippen molar-refractivity contribution in [3.8, 4) is 0 Å². The molecule has 0 bridgehead atoms. The van der Waals surface area contributed by atoms with Gasteiger partial charge in [0.15, 0.2) is 0 Å². The van der Waals surface area contributed by atoms with Gasteiger partial charge in [0, 0.05) is 12.6 Å². The smallest absolute Gasteiger partial charge is 0.410 e. The predicted molar refractivity (Wildman–Crippen MR) is 51.5 cm³/mol. The molecule has 0 aromatic rings. The molecule has 0 N–H and O–H groups in total. The number of ether oxygens (including phenoxy) is 1. The van der Waals surface area contributed by atoms with Crippen LogP contribution in [0.4, 0.5) is 4.79 Å². The first-order valence-electron chi connectivity index (χ1n) is 4.73. The Morgan fingerprint density at radius 2 is 2.31 bits per heavy atom. The van der Waals surface area contributed by atoms with Crippen LogP contribution in [-0.4, -0.2) is 29.7 Å². The Bertz CT molecular complexity index is 197. The maximum absolute atomic E-state index is 11.5. The van der Waals surface area contributed by atoms with E-state index in [0.717, 1.165) is 12.8 Å². The van der Waals surface area contributed by atoms with Gasteiger partial charge in [0.05, 0.1) is 6.10 Å². The summed E-state index contributed by atoms with van der Waals surface area (Å²) in [6, 6.07) is 0.393. The molecule has 0 radical (unpaired) electrons. The van der Waals surface area contributed by atoms with Crippen LogP contribution in [0.5, 0.6) is 0 Å². The topological polar surface area (TPSA) is 29.5 Å². The predicted octanol–water partition coefficient (Wildman–Crippen LogP) is 2.18. The van der Waals surface area contributed by atoms with Gasteiger partial charge in [-0.05, 0) is 26.7 Å². The summed E-state index contributed by atoms with van der Waals surface area (Å²) in [7, 11) is 0. The average Bonchev–Trinajstić information content (AvgIpc) is 2.81. The van der Waals surface area contributed by atoms with Gasteiger partial charge in [-0.3, -0.25) is 0 Å². The molecule has 74 valence electrons. The average molecular weight is 183 g/mol. The molecular weight excluding hydrogens is 166 g/mol. The highest BCUT2D eigenvalue weighted by Gasteiger charge is 2.32. The number of carbonyl (C=O) groups excluding carboxylic acids is 1. The van der Waals surface area contributed by atoms with Gasteiger partial charge >= 0.3 is 6.09 Å². The van der Waals surface area contributed by atoms with E-state index in [1.54, 1.807) is 11.0 Å². The lowest BCUT2D eigenvalue weighted by molar-refractivity contribution is 0.0780. The normalized spacial score (nSPS) is 15.6. The third kappa shape index (κ3) is 3.09. The minimum atomic E-state index is -0.211. The summed E-state index contributed by atoms with van der Waals surface area (Å²) in [6.07, 6.45) is 3.68. The van der Waals surface area contributed by atoms with Crippen LogP contribution in [0.3, 0.4) is 0 Å². The van der Waals surface area contributed by atoms with Gasteiger partial charge in [0.25, 0.3) is 0 Å². The molecular formula is C10H17NO2. The fourth-order valence-corrected chi connectivity index (χ4v) is 1.17. The van der Waals surface area contributed by atoms with E-state index in [0.29, 0.717) is 12.6 Å². The van der Waals surface area contributed by atoms with Gasteiger partial charge in [-0.15, -0.1) is 6.58 Å². The molecule has 1 fully saturated rings. The first-order valence-corrected chi connectivity index (χ1v) is 4.73. The van der Waals surface area contributed by atoms with Crippen LogP contribution in [0.1, 0.15) is 26.7 Å². The van der Waals surface area contributed by atoms with Crippen LogP contribution in [0, 0.1) is 0 Å². The zero-order valence-electron chi connectivity index (χ0n) is 8.32. The summed E-state index contributed by atoms with van der Waals surface area (Å²) in [6.45, 7) is 7.93. The molecule has 1 aliphatic rings. The van der Waals surface area contributed by atoms with Crippen molar-refractivity contribution in [3.05, 3.63) is 12.7 Å². The standard InChI is InChI=1S/C10H17NO2/c1-4-7-11(9-5-6-9)10(12)13-8(2)3/h4,8-9H,1,5-7H2,2-3H3. The van der Waals surface area contributed by atoms with Gasteiger partial charge < -0.3 is 9.64 Å². The third-order valence-electron chi connectivity index (χ3n) is 1.88. The van der Waals surface area contributed by atoms with Crippen molar-refractivity contribution in [1.82, 2.24) is 4.90 Å². The number of hydrogen-bond donors (Lipinski definition) is 0. The molecule has 1 rings (SSSR count). The first-order chi connectivity index (χ1) is 6.15. The second-order valence-corrected chi connectivity index (χ2v) is 3.60. The van der Waals surface area contributed by atoms with Crippen molar-refractivity contribution in [2.45, 2.75) is 38.8 Å². The number of hydrogen-bond acceptors (Lipinski definition) is 2. The Labute approximate surface area is 79.4 Å². The van der Waals surface area contributed by atoms with Gasteiger partial charge in [0.1, 0.15) is 0 Å². The van der Waals surface area contributed by atoms with E-state index < -0.39 is 0 Å². The van der Waals surface area contributed by atoms with Crippen molar-refractivity contribution in [1.29, 1.82) is 0 Å². The quantitative estimate of drug-likeness (QED) is 0.625. The summed E-state index contributed by atoms with van der Waals surface area (Å²) in [5.41, 5.74) is 0. The maximum atomic E-state index is 11.5. The second-order valence-electron chi connectivity index (χ2n) is 3.60. The van der Waals surface area contributed by atoms with Crippen LogP contribution >= 0.6 is 0 Å². The molecule has 0 aromatic heterocycles. The number of rotatable bonds is 4. The minimum Gasteiger partial charge on any atom is -0.447 e. The summed E-state index contributed by atoms with van der Waals surface area (Å²) >= 11 is 0. The van der Waals surface area contributed by atoms with E-state index >= 15 is 0 Å². The number of carbonyl (C=O) groups is 1. The second kappa shape index (κ2) is 4.30. The van der Waals surface area contributed by atoms with Gasteiger partial charge in [-0.2, -0.15) is 0 Å². The van der Waals surface area contributed by atoms with E-state index in [1.807, 2.05) is 13.8 Å². The first kappa shape index (κ1) is 10.1. The summed E-state index contributed by atoms with van der Waals surface area (Å²) in [5, 5.41) is 0. The lowest BCUT2D eigenvalue weighted by Crippen LogP contribution is -2.35. The molecule has 0 unspecified atom stereocenters. The van der Waals surface area contributed by atoms with Crippen molar-refractivity contribution < 1.29 is 9.53 Å². The van der Waals surface area contributed by atoms with Crippen LogP contribution < -0.4 is 0 Å². The highest BCUT2D eigenvalue weighted by molar-refractivity contribution is 5.68. The largest absolute Gasteiger partial charge is 0.447 e. The molecule has 0 aliphatic heterocycles. The molecule has 1 amide bonds. The number of amides is 1. The van der Waals surface area contributed by atoms with E-state index in [-0.39, 0.29) is 12.2 Å². The van der Waals surface area contributed by atoms with Crippen molar-refractivity contribution >= 4 is 6.09 Å². The van der Waals surface area contributed by atoms with E-state index in [1.165, 1.54) is 0 Å². The molecule has 3 heteroatoms. The van der Waals surface area contributed by atoms with Crippen LogP contribution in [0.15, 0.2) is 12.7 Å². The highest BCUT2D eigenvalue weighted by atomic mass is 16.6. The molecule has 1 aliphatic carbocycles. The van der Waals surface area contributed by atoms with Crippen LogP contribution in [-0.2, 0) is 4.74 Å². The highest BCUT2D eigenvalue weighted by Crippen LogP contribution is 2.27. The molecule has 1 saturated carbocycles. The molecule has 0 atom stereocenters.